The highest BCUT2D eigenvalue weighted by molar-refractivity contribution is 5.41. The normalized spacial score (nSPS) is 10.3. The monoisotopic (exact) mass is 246 g/mol. The molecule has 6 nitrogen and oxygen atoms in total. The number of non-ortho nitro benzene ring substituents is 1. The van der Waals surface area contributed by atoms with Crippen molar-refractivity contribution in [2.75, 3.05) is 5.32 Å². The van der Waals surface area contributed by atoms with Crippen LogP contribution in [0.3, 0.4) is 0 Å². The Morgan fingerprint density at radius 2 is 2.33 bits per heavy atom. The fourth-order valence-corrected chi connectivity index (χ4v) is 1.61. The average molecular weight is 246 g/mol. The minimum atomic E-state index is -0.390. The molecule has 0 unspecified atom stereocenters. The molecule has 0 spiro atoms. The van der Waals surface area contributed by atoms with E-state index in [1.807, 2.05) is 23.9 Å². The van der Waals surface area contributed by atoms with Crippen molar-refractivity contribution >= 4 is 11.4 Å². The second-order valence-electron chi connectivity index (χ2n) is 3.87. The molecule has 0 radical (unpaired) electrons. The van der Waals surface area contributed by atoms with Crippen LogP contribution in [0.2, 0.25) is 0 Å². The first-order chi connectivity index (χ1) is 8.69. The van der Waals surface area contributed by atoms with Crippen LogP contribution in [0.15, 0.2) is 36.7 Å². The Labute approximate surface area is 104 Å². The van der Waals surface area contributed by atoms with Crippen LogP contribution in [0.4, 0.5) is 11.4 Å². The molecule has 1 aromatic carbocycles. The van der Waals surface area contributed by atoms with Gasteiger partial charge in [-0.15, -0.1) is 0 Å². The van der Waals surface area contributed by atoms with Crippen molar-refractivity contribution in [1.29, 1.82) is 0 Å². The summed E-state index contributed by atoms with van der Waals surface area (Å²) in [5, 5.41) is 18.0. The molecular weight excluding hydrogens is 232 g/mol. The number of anilines is 1. The lowest BCUT2D eigenvalue weighted by molar-refractivity contribution is -0.384. The summed E-state index contributed by atoms with van der Waals surface area (Å²) >= 11 is 0. The summed E-state index contributed by atoms with van der Waals surface area (Å²) in [5.74, 6) is 0. The molecule has 0 amide bonds. The molecule has 94 valence electrons. The average Bonchev–Trinajstić information content (AvgIpc) is 2.84. The van der Waals surface area contributed by atoms with E-state index in [4.69, 9.17) is 0 Å². The summed E-state index contributed by atoms with van der Waals surface area (Å²) < 4.78 is 1.82. The molecular formula is C12H14N4O2. The standard InChI is InChI=1S/C12H14N4O2/c1-2-15-9-11(8-14-15)13-7-10-4-3-5-12(6-10)16(17)18/h3-6,8-9,13H,2,7H2,1H3. The maximum atomic E-state index is 10.6. The molecule has 0 fully saturated rings. The molecule has 0 bridgehead atoms. The maximum absolute atomic E-state index is 10.6. The van der Waals surface area contributed by atoms with Gasteiger partial charge in [-0.1, -0.05) is 12.1 Å². The predicted octanol–water partition coefficient (Wildman–Crippen LogP) is 2.42. The van der Waals surface area contributed by atoms with Crippen molar-refractivity contribution in [3.05, 3.63) is 52.3 Å². The fraction of sp³-hybridized carbons (Fsp3) is 0.250. The highest BCUT2D eigenvalue weighted by Crippen LogP contribution is 2.14. The van der Waals surface area contributed by atoms with Gasteiger partial charge in [0.2, 0.25) is 0 Å². The Morgan fingerprint density at radius 3 is 3.00 bits per heavy atom. The topological polar surface area (TPSA) is 73.0 Å². The van der Waals surface area contributed by atoms with Gasteiger partial charge in [0.15, 0.2) is 0 Å². The number of nitro benzene ring substituents is 1. The molecule has 6 heteroatoms. The molecule has 2 aromatic rings. The van der Waals surface area contributed by atoms with Gasteiger partial charge in [-0.2, -0.15) is 5.10 Å². The second kappa shape index (κ2) is 5.31. The molecule has 18 heavy (non-hydrogen) atoms. The van der Waals surface area contributed by atoms with Gasteiger partial charge in [0.25, 0.3) is 5.69 Å². The van der Waals surface area contributed by atoms with E-state index in [9.17, 15) is 10.1 Å². The largest absolute Gasteiger partial charge is 0.378 e. The number of hydrogen-bond acceptors (Lipinski definition) is 4. The van der Waals surface area contributed by atoms with Crippen molar-refractivity contribution in [2.24, 2.45) is 0 Å². The summed E-state index contributed by atoms with van der Waals surface area (Å²) in [4.78, 5) is 10.3. The lowest BCUT2D eigenvalue weighted by Crippen LogP contribution is -1.99. The third-order valence-corrected chi connectivity index (χ3v) is 2.58. The molecule has 0 atom stereocenters. The highest BCUT2D eigenvalue weighted by Gasteiger charge is 2.05. The summed E-state index contributed by atoms with van der Waals surface area (Å²) in [6.45, 7) is 3.37. The molecule has 1 heterocycles. The van der Waals surface area contributed by atoms with Crippen LogP contribution in [0.25, 0.3) is 0 Å². The van der Waals surface area contributed by atoms with Gasteiger partial charge >= 0.3 is 0 Å². The van der Waals surface area contributed by atoms with E-state index in [0.29, 0.717) is 6.54 Å². The summed E-state index contributed by atoms with van der Waals surface area (Å²) in [6.07, 6.45) is 3.64. The molecule has 0 aliphatic rings. The number of aromatic nitrogens is 2. The number of nitrogens with one attached hydrogen (secondary N) is 1. The van der Waals surface area contributed by atoms with Crippen LogP contribution in [0, 0.1) is 10.1 Å². The zero-order valence-electron chi connectivity index (χ0n) is 10.0. The quantitative estimate of drug-likeness (QED) is 0.649. The number of rotatable bonds is 5. The Hall–Kier alpha value is -2.37. The van der Waals surface area contributed by atoms with Gasteiger partial charge < -0.3 is 5.32 Å². The lowest BCUT2D eigenvalue weighted by atomic mass is 10.2. The van der Waals surface area contributed by atoms with E-state index >= 15 is 0 Å². The van der Waals surface area contributed by atoms with Crippen LogP contribution < -0.4 is 5.32 Å². The Bertz CT molecular complexity index is 551. The van der Waals surface area contributed by atoms with Crippen molar-refractivity contribution < 1.29 is 4.92 Å². The lowest BCUT2D eigenvalue weighted by Gasteiger charge is -2.03. The summed E-state index contributed by atoms with van der Waals surface area (Å²) in [5.41, 5.74) is 1.88. The number of nitrogens with zero attached hydrogens (tertiary/aromatic N) is 3. The molecule has 0 saturated heterocycles. The Morgan fingerprint density at radius 1 is 1.50 bits per heavy atom. The first-order valence-electron chi connectivity index (χ1n) is 5.68. The molecule has 0 aliphatic carbocycles. The van der Waals surface area contributed by atoms with E-state index in [0.717, 1.165) is 17.8 Å². The number of benzene rings is 1. The smallest absolute Gasteiger partial charge is 0.269 e. The minimum absolute atomic E-state index is 0.110. The van der Waals surface area contributed by atoms with E-state index in [-0.39, 0.29) is 5.69 Å². The molecule has 1 N–H and O–H groups in total. The Balaban J connectivity index is 2.01. The number of aryl methyl sites for hydroxylation is 1. The Kier molecular flexibility index (Phi) is 3.57. The summed E-state index contributed by atoms with van der Waals surface area (Å²) in [6, 6.07) is 6.59. The molecule has 1 aromatic heterocycles. The summed E-state index contributed by atoms with van der Waals surface area (Å²) in [7, 11) is 0. The van der Waals surface area contributed by atoms with E-state index in [2.05, 4.69) is 10.4 Å². The van der Waals surface area contributed by atoms with Gasteiger partial charge in [0.1, 0.15) is 0 Å². The predicted molar refractivity (Wildman–Crippen MR) is 68.3 cm³/mol. The van der Waals surface area contributed by atoms with Gasteiger partial charge in [0, 0.05) is 31.4 Å². The number of nitro groups is 1. The van der Waals surface area contributed by atoms with Crippen LogP contribution in [0.1, 0.15) is 12.5 Å². The van der Waals surface area contributed by atoms with Crippen molar-refractivity contribution in [3.63, 3.8) is 0 Å². The van der Waals surface area contributed by atoms with Crippen molar-refractivity contribution in [2.45, 2.75) is 20.0 Å². The van der Waals surface area contributed by atoms with E-state index in [1.54, 1.807) is 18.3 Å². The fourth-order valence-electron chi connectivity index (χ4n) is 1.61. The first kappa shape index (κ1) is 12.1. The molecule has 0 aliphatic heterocycles. The molecule has 0 saturated carbocycles. The maximum Gasteiger partial charge on any atom is 0.269 e. The van der Waals surface area contributed by atoms with Crippen LogP contribution in [-0.2, 0) is 13.1 Å². The first-order valence-corrected chi connectivity index (χ1v) is 5.68. The SMILES string of the molecule is CCn1cc(NCc2cccc([N+](=O)[O-])c2)cn1. The van der Waals surface area contributed by atoms with E-state index < -0.39 is 4.92 Å². The number of hydrogen-bond donors (Lipinski definition) is 1. The molecule has 2 rings (SSSR count). The van der Waals surface area contributed by atoms with Gasteiger partial charge in [0.05, 0.1) is 16.8 Å². The minimum Gasteiger partial charge on any atom is -0.378 e. The van der Waals surface area contributed by atoms with Crippen LogP contribution >= 0.6 is 0 Å². The third kappa shape index (κ3) is 2.85. The van der Waals surface area contributed by atoms with Gasteiger partial charge in [-0.05, 0) is 12.5 Å². The zero-order valence-corrected chi connectivity index (χ0v) is 10.0. The van der Waals surface area contributed by atoms with Crippen LogP contribution in [0.5, 0.6) is 0 Å². The third-order valence-electron chi connectivity index (χ3n) is 2.58. The van der Waals surface area contributed by atoms with Crippen molar-refractivity contribution in [1.82, 2.24) is 9.78 Å². The van der Waals surface area contributed by atoms with Gasteiger partial charge in [-0.3, -0.25) is 14.8 Å². The zero-order chi connectivity index (χ0) is 13.0. The second-order valence-corrected chi connectivity index (χ2v) is 3.87. The van der Waals surface area contributed by atoms with Crippen molar-refractivity contribution in [3.8, 4) is 0 Å². The van der Waals surface area contributed by atoms with Crippen LogP contribution in [-0.4, -0.2) is 14.7 Å². The van der Waals surface area contributed by atoms with E-state index in [1.165, 1.54) is 6.07 Å². The highest BCUT2D eigenvalue weighted by atomic mass is 16.6. The van der Waals surface area contributed by atoms with Gasteiger partial charge in [-0.25, -0.2) is 0 Å².